The topological polar surface area (TPSA) is 98.7 Å². The predicted molar refractivity (Wildman–Crippen MR) is 101 cm³/mol. The van der Waals surface area contributed by atoms with Gasteiger partial charge in [-0.2, -0.15) is 8.42 Å². The Hall–Kier alpha value is -3.45. The molecule has 0 spiro atoms. The van der Waals surface area contributed by atoms with Gasteiger partial charge in [0.1, 0.15) is 0 Å². The van der Waals surface area contributed by atoms with Gasteiger partial charge in [0.2, 0.25) is 0 Å². The molecule has 0 amide bonds. The molecule has 0 unspecified atom stereocenters. The summed E-state index contributed by atoms with van der Waals surface area (Å²) < 4.78 is 29.2. The molecular formula is C20H15N2O4S-. The Morgan fingerprint density at radius 3 is 2.04 bits per heavy atom. The van der Waals surface area contributed by atoms with Crippen molar-refractivity contribution in [3.8, 4) is 0 Å². The van der Waals surface area contributed by atoms with Crippen LogP contribution in [0.5, 0.6) is 0 Å². The van der Waals surface area contributed by atoms with Crippen LogP contribution in [-0.4, -0.2) is 20.2 Å². The molecule has 3 aromatic carbocycles. The lowest BCUT2D eigenvalue weighted by molar-refractivity contribution is -0.255. The molecule has 27 heavy (non-hydrogen) atoms. The van der Waals surface area contributed by atoms with Gasteiger partial charge in [-0.05, 0) is 29.8 Å². The van der Waals surface area contributed by atoms with E-state index >= 15 is 0 Å². The van der Waals surface area contributed by atoms with Crippen LogP contribution in [0.15, 0.2) is 94.2 Å². The number of amidine groups is 1. The highest BCUT2D eigenvalue weighted by molar-refractivity contribution is 7.90. The molecule has 3 rings (SSSR count). The third kappa shape index (κ3) is 4.59. The molecule has 0 aromatic heterocycles. The molecular weight excluding hydrogens is 364 g/mol. The van der Waals surface area contributed by atoms with Crippen LogP contribution in [0.3, 0.4) is 0 Å². The van der Waals surface area contributed by atoms with E-state index in [0.717, 1.165) is 0 Å². The maximum absolute atomic E-state index is 12.6. The smallest absolute Gasteiger partial charge is 0.284 e. The van der Waals surface area contributed by atoms with Crippen LogP contribution in [0.2, 0.25) is 0 Å². The fraction of sp³-hybridized carbons (Fsp3) is 0. The predicted octanol–water partition coefficient (Wildman–Crippen LogP) is 2.30. The molecule has 0 heterocycles. The largest absolute Gasteiger partial charge is 0.545 e. The first-order valence-electron chi connectivity index (χ1n) is 7.99. The van der Waals surface area contributed by atoms with Gasteiger partial charge < -0.3 is 15.2 Å². The van der Waals surface area contributed by atoms with Gasteiger partial charge in [-0.3, -0.25) is 0 Å². The zero-order valence-electron chi connectivity index (χ0n) is 14.1. The Labute approximate surface area is 156 Å². The number of carboxylic acid groups (broad SMARTS) is 1. The first kappa shape index (κ1) is 18.3. The van der Waals surface area contributed by atoms with Crippen LogP contribution in [0, 0.1) is 0 Å². The van der Waals surface area contributed by atoms with E-state index in [4.69, 9.17) is 0 Å². The highest BCUT2D eigenvalue weighted by atomic mass is 32.2. The molecule has 0 fully saturated rings. The second-order valence-corrected chi connectivity index (χ2v) is 7.19. The molecule has 0 saturated carbocycles. The second-order valence-electron chi connectivity index (χ2n) is 5.59. The summed E-state index contributed by atoms with van der Waals surface area (Å²) in [4.78, 5) is 11.1. The Kier molecular flexibility index (Phi) is 5.33. The van der Waals surface area contributed by atoms with E-state index in [1.165, 1.54) is 30.3 Å². The van der Waals surface area contributed by atoms with Crippen molar-refractivity contribution in [1.29, 1.82) is 0 Å². The van der Waals surface area contributed by atoms with Crippen LogP contribution in [-0.2, 0) is 10.0 Å². The fourth-order valence-electron chi connectivity index (χ4n) is 2.37. The van der Waals surface area contributed by atoms with Crippen LogP contribution < -0.4 is 10.4 Å². The number of benzene rings is 3. The lowest BCUT2D eigenvalue weighted by Crippen LogP contribution is -2.22. The maximum Gasteiger partial charge on any atom is 0.284 e. The summed E-state index contributed by atoms with van der Waals surface area (Å²) in [6.07, 6.45) is 0. The molecule has 0 aliphatic carbocycles. The zero-order chi connectivity index (χ0) is 19.3. The summed E-state index contributed by atoms with van der Waals surface area (Å²) in [5.74, 6) is -1.25. The van der Waals surface area contributed by atoms with Crippen molar-refractivity contribution in [3.05, 3.63) is 96.1 Å². The number of nitrogens with zero attached hydrogens (tertiary/aromatic N) is 1. The number of carbonyl (C=O) groups excluding carboxylic acids is 1. The number of rotatable bonds is 5. The normalized spacial score (nSPS) is 11.8. The minimum atomic E-state index is -3.96. The summed E-state index contributed by atoms with van der Waals surface area (Å²) in [5, 5.41) is 14.0. The van der Waals surface area contributed by atoms with Crippen molar-refractivity contribution in [2.24, 2.45) is 4.40 Å². The molecule has 6 nitrogen and oxygen atoms in total. The monoisotopic (exact) mass is 379 g/mol. The van der Waals surface area contributed by atoms with Crippen LogP contribution in [0.1, 0.15) is 15.9 Å². The van der Waals surface area contributed by atoms with Gasteiger partial charge in [-0.1, -0.05) is 60.7 Å². The van der Waals surface area contributed by atoms with Gasteiger partial charge >= 0.3 is 0 Å². The second kappa shape index (κ2) is 7.84. The van der Waals surface area contributed by atoms with Crippen molar-refractivity contribution in [2.75, 3.05) is 5.32 Å². The van der Waals surface area contributed by atoms with Crippen LogP contribution in [0.4, 0.5) is 5.69 Å². The highest BCUT2D eigenvalue weighted by Crippen LogP contribution is 2.16. The van der Waals surface area contributed by atoms with Crippen molar-refractivity contribution in [2.45, 2.75) is 4.90 Å². The number of hydrogen-bond donors (Lipinski definition) is 1. The zero-order valence-corrected chi connectivity index (χ0v) is 14.9. The number of anilines is 1. The summed E-state index contributed by atoms with van der Waals surface area (Å²) in [5.41, 5.74) is 0.886. The Morgan fingerprint density at radius 2 is 1.41 bits per heavy atom. The lowest BCUT2D eigenvalue weighted by atomic mass is 10.1. The van der Waals surface area contributed by atoms with Gasteiger partial charge in [0.05, 0.1) is 10.9 Å². The molecule has 0 aliphatic heterocycles. The van der Waals surface area contributed by atoms with E-state index in [0.29, 0.717) is 11.3 Å². The number of sulfonamides is 1. The molecule has 0 aliphatic rings. The van der Waals surface area contributed by atoms with E-state index in [-0.39, 0.29) is 16.3 Å². The van der Waals surface area contributed by atoms with Gasteiger partial charge in [-0.15, -0.1) is 4.40 Å². The fourth-order valence-corrected chi connectivity index (χ4v) is 3.37. The summed E-state index contributed by atoms with van der Waals surface area (Å²) in [6.45, 7) is 0. The Balaban J connectivity index is 2.05. The molecule has 0 bridgehead atoms. The van der Waals surface area contributed by atoms with Gasteiger partial charge in [-0.25, -0.2) is 0 Å². The quantitative estimate of drug-likeness (QED) is 0.542. The minimum Gasteiger partial charge on any atom is -0.545 e. The van der Waals surface area contributed by atoms with Crippen molar-refractivity contribution < 1.29 is 18.3 Å². The van der Waals surface area contributed by atoms with E-state index in [9.17, 15) is 18.3 Å². The number of carbonyl (C=O) groups is 1. The number of aromatic carboxylic acids is 1. The van der Waals surface area contributed by atoms with Gasteiger partial charge in [0.25, 0.3) is 10.0 Å². The average Bonchev–Trinajstić information content (AvgIpc) is 2.69. The van der Waals surface area contributed by atoms with E-state index in [1.807, 2.05) is 0 Å². The summed E-state index contributed by atoms with van der Waals surface area (Å²) in [7, 11) is -3.96. The maximum atomic E-state index is 12.6. The molecule has 0 atom stereocenters. The molecule has 7 heteroatoms. The van der Waals surface area contributed by atoms with Crippen molar-refractivity contribution in [1.82, 2.24) is 0 Å². The van der Waals surface area contributed by atoms with E-state index < -0.39 is 16.0 Å². The SMILES string of the molecule is O=C([O-])c1cccc(NC(=NS(=O)(=O)c2ccccc2)c2ccccc2)c1. The molecule has 1 N–H and O–H groups in total. The lowest BCUT2D eigenvalue weighted by Gasteiger charge is -2.12. The first-order chi connectivity index (χ1) is 13.0. The minimum absolute atomic E-state index is 0.0293. The third-order valence-electron chi connectivity index (χ3n) is 3.66. The number of carboxylic acids is 1. The highest BCUT2D eigenvalue weighted by Gasteiger charge is 2.15. The Morgan fingerprint density at radius 1 is 0.815 bits per heavy atom. The molecule has 3 aromatic rings. The summed E-state index contributed by atoms with van der Waals surface area (Å²) in [6, 6.07) is 22.4. The van der Waals surface area contributed by atoms with Crippen molar-refractivity contribution in [3.63, 3.8) is 0 Å². The molecule has 136 valence electrons. The number of hydrogen-bond acceptors (Lipinski definition) is 4. The average molecular weight is 379 g/mol. The molecule has 0 saturated heterocycles. The van der Waals surface area contributed by atoms with Crippen molar-refractivity contribution >= 4 is 27.5 Å². The van der Waals surface area contributed by atoms with Gasteiger partial charge in [0, 0.05) is 11.3 Å². The van der Waals surface area contributed by atoms with E-state index in [1.54, 1.807) is 54.6 Å². The van der Waals surface area contributed by atoms with Crippen LogP contribution >= 0.6 is 0 Å². The van der Waals surface area contributed by atoms with Crippen LogP contribution in [0.25, 0.3) is 0 Å². The standard InChI is InChI=1S/C20H16N2O4S/c23-20(24)16-10-7-11-17(14-16)21-19(15-8-3-1-4-9-15)22-27(25,26)18-12-5-2-6-13-18/h1-14H,(H,21,22)(H,23,24)/p-1. The Bertz CT molecular complexity index is 1080. The number of nitrogens with one attached hydrogen (secondary N) is 1. The van der Waals surface area contributed by atoms with Gasteiger partial charge in [0.15, 0.2) is 5.84 Å². The first-order valence-corrected chi connectivity index (χ1v) is 9.43. The van der Waals surface area contributed by atoms with E-state index in [2.05, 4.69) is 9.71 Å². The summed E-state index contributed by atoms with van der Waals surface area (Å²) >= 11 is 0. The third-order valence-corrected chi connectivity index (χ3v) is 4.95. The molecule has 0 radical (unpaired) electrons.